The van der Waals surface area contributed by atoms with Crippen molar-refractivity contribution >= 4 is 0 Å². The Labute approximate surface area is 54.2 Å². The van der Waals surface area contributed by atoms with Crippen molar-refractivity contribution in [3.63, 3.8) is 0 Å². The highest BCUT2D eigenvalue weighted by Crippen LogP contribution is 2.21. The highest BCUT2D eigenvalue weighted by atomic mass is 19.3. The Bertz CT molecular complexity index is 85.5. The lowest BCUT2D eigenvalue weighted by molar-refractivity contribution is 0.0658. The molecule has 0 aromatic heterocycles. The van der Waals surface area contributed by atoms with Crippen molar-refractivity contribution in [3.05, 3.63) is 0 Å². The second-order valence-corrected chi connectivity index (χ2v) is 3.23. The fraction of sp³-hybridized carbons (Fsp3) is 1.00. The van der Waals surface area contributed by atoms with Crippen LogP contribution in [-0.4, -0.2) is 12.5 Å². The van der Waals surface area contributed by atoms with Gasteiger partial charge in [-0.05, 0) is 5.41 Å². The number of hydrogen-bond acceptors (Lipinski definition) is 1. The van der Waals surface area contributed by atoms with Gasteiger partial charge in [-0.15, -0.1) is 0 Å². The molecular weight excluding hydrogens is 124 g/mol. The van der Waals surface area contributed by atoms with E-state index < -0.39 is 17.9 Å². The van der Waals surface area contributed by atoms with Crippen LogP contribution in [0.5, 0.6) is 0 Å². The summed E-state index contributed by atoms with van der Waals surface area (Å²) >= 11 is 0. The van der Waals surface area contributed by atoms with Gasteiger partial charge in [-0.2, -0.15) is 0 Å². The highest BCUT2D eigenvalue weighted by molar-refractivity contribution is 4.78. The van der Waals surface area contributed by atoms with Gasteiger partial charge in [-0.3, -0.25) is 0 Å². The van der Waals surface area contributed by atoms with Crippen LogP contribution < -0.4 is 5.73 Å². The van der Waals surface area contributed by atoms with Crippen LogP contribution >= 0.6 is 0 Å². The maximum absolute atomic E-state index is 11.8. The van der Waals surface area contributed by atoms with E-state index >= 15 is 0 Å². The molecule has 9 heavy (non-hydrogen) atoms. The van der Waals surface area contributed by atoms with Gasteiger partial charge in [0.1, 0.15) is 0 Å². The topological polar surface area (TPSA) is 26.0 Å². The van der Waals surface area contributed by atoms with Gasteiger partial charge >= 0.3 is 0 Å². The first-order valence-electron chi connectivity index (χ1n) is 2.89. The van der Waals surface area contributed by atoms with Crippen LogP contribution in [0, 0.1) is 5.41 Å². The third kappa shape index (κ3) is 2.75. The summed E-state index contributed by atoms with van der Waals surface area (Å²) in [7, 11) is 0. The predicted molar refractivity (Wildman–Crippen MR) is 33.4 cm³/mol. The Morgan fingerprint density at radius 2 is 1.56 bits per heavy atom. The maximum atomic E-state index is 11.8. The van der Waals surface area contributed by atoms with Gasteiger partial charge in [-0.1, -0.05) is 20.8 Å². The Balaban J connectivity index is 3.88. The summed E-state index contributed by atoms with van der Waals surface area (Å²) in [5, 5.41) is 0. The fourth-order valence-corrected chi connectivity index (χ4v) is 0.378. The first kappa shape index (κ1) is 8.82. The number of rotatable bonds is 1. The Morgan fingerprint density at radius 3 is 1.56 bits per heavy atom. The summed E-state index contributed by atoms with van der Waals surface area (Å²) in [6.07, 6.45) is -2.41. The van der Waals surface area contributed by atoms with Crippen molar-refractivity contribution in [1.82, 2.24) is 0 Å². The van der Waals surface area contributed by atoms with Crippen LogP contribution in [0.4, 0.5) is 8.78 Å². The van der Waals surface area contributed by atoms with E-state index in [1.165, 1.54) is 0 Å². The maximum Gasteiger partial charge on any atom is 0.253 e. The summed E-state index contributed by atoms with van der Waals surface area (Å²) < 4.78 is 23.6. The summed E-state index contributed by atoms with van der Waals surface area (Å²) in [6.45, 7) is 5.09. The zero-order valence-corrected chi connectivity index (χ0v) is 5.99. The van der Waals surface area contributed by atoms with E-state index in [1.807, 2.05) is 0 Å². The Kier molecular flexibility index (Phi) is 2.55. The lowest BCUT2D eigenvalue weighted by Gasteiger charge is -2.25. The molecule has 0 aliphatic carbocycles. The Hall–Kier alpha value is -0.180. The van der Waals surface area contributed by atoms with Gasteiger partial charge in [0, 0.05) is 0 Å². The summed E-state index contributed by atoms with van der Waals surface area (Å²) in [6, 6.07) is -1.02. The van der Waals surface area contributed by atoms with Gasteiger partial charge in [0.25, 0.3) is 6.43 Å². The van der Waals surface area contributed by atoms with Gasteiger partial charge in [0.15, 0.2) is 0 Å². The molecule has 2 N–H and O–H groups in total. The molecule has 1 nitrogen and oxygen atoms in total. The number of nitrogens with two attached hydrogens (primary N) is 1. The first-order chi connectivity index (χ1) is 3.85. The molecule has 0 aromatic carbocycles. The van der Waals surface area contributed by atoms with E-state index in [2.05, 4.69) is 0 Å². The van der Waals surface area contributed by atoms with Gasteiger partial charge in [0.05, 0.1) is 6.04 Å². The van der Waals surface area contributed by atoms with Crippen molar-refractivity contribution in [2.45, 2.75) is 33.2 Å². The second kappa shape index (κ2) is 2.60. The van der Waals surface area contributed by atoms with Crippen molar-refractivity contribution in [3.8, 4) is 0 Å². The normalized spacial score (nSPS) is 16.3. The highest BCUT2D eigenvalue weighted by Gasteiger charge is 2.28. The lowest BCUT2D eigenvalue weighted by atomic mass is 9.88. The number of halogens is 2. The molecule has 0 fully saturated rings. The standard InChI is InChI=1S/C6H13F2N/c1-6(2,3)4(9)5(7)8/h4-5H,9H2,1-3H3. The summed E-state index contributed by atoms with van der Waals surface area (Å²) in [5.41, 5.74) is 4.65. The van der Waals surface area contributed by atoms with Crippen LogP contribution in [0.15, 0.2) is 0 Å². The van der Waals surface area contributed by atoms with Gasteiger partial charge < -0.3 is 5.73 Å². The van der Waals surface area contributed by atoms with Crippen molar-refractivity contribution in [1.29, 1.82) is 0 Å². The van der Waals surface area contributed by atoms with Crippen molar-refractivity contribution < 1.29 is 8.78 Å². The molecule has 0 aromatic rings. The largest absolute Gasteiger partial charge is 0.322 e. The SMILES string of the molecule is CC(C)(C)C(N)C(F)F. The molecule has 0 aliphatic rings. The van der Waals surface area contributed by atoms with Crippen molar-refractivity contribution in [2.24, 2.45) is 11.1 Å². The molecule has 0 saturated heterocycles. The molecule has 56 valence electrons. The molecular formula is C6H13F2N. The van der Waals surface area contributed by atoms with E-state index in [9.17, 15) is 8.78 Å². The summed E-state index contributed by atoms with van der Waals surface area (Å²) in [4.78, 5) is 0. The lowest BCUT2D eigenvalue weighted by Crippen LogP contribution is -2.41. The van der Waals surface area contributed by atoms with Gasteiger partial charge in [0.2, 0.25) is 0 Å². The molecule has 0 spiro atoms. The quantitative estimate of drug-likeness (QED) is 0.584. The third-order valence-electron chi connectivity index (χ3n) is 1.27. The monoisotopic (exact) mass is 137 g/mol. The number of alkyl halides is 2. The summed E-state index contributed by atoms with van der Waals surface area (Å²) in [5.74, 6) is 0. The molecule has 0 heterocycles. The third-order valence-corrected chi connectivity index (χ3v) is 1.27. The van der Waals surface area contributed by atoms with Crippen LogP contribution in [0.25, 0.3) is 0 Å². The molecule has 0 saturated carbocycles. The fourth-order valence-electron chi connectivity index (χ4n) is 0.378. The van der Waals surface area contributed by atoms with E-state index in [1.54, 1.807) is 20.8 Å². The van der Waals surface area contributed by atoms with Crippen LogP contribution in [0.2, 0.25) is 0 Å². The Morgan fingerprint density at radius 1 is 1.22 bits per heavy atom. The van der Waals surface area contributed by atoms with E-state index in [-0.39, 0.29) is 0 Å². The average molecular weight is 137 g/mol. The predicted octanol–water partition coefficient (Wildman–Crippen LogP) is 1.62. The minimum atomic E-state index is -2.41. The van der Waals surface area contributed by atoms with E-state index in [4.69, 9.17) is 5.73 Å². The average Bonchev–Trinajstić information content (AvgIpc) is 1.62. The molecule has 0 bridgehead atoms. The van der Waals surface area contributed by atoms with E-state index in [0.29, 0.717) is 0 Å². The minimum Gasteiger partial charge on any atom is -0.322 e. The van der Waals surface area contributed by atoms with E-state index in [0.717, 1.165) is 0 Å². The van der Waals surface area contributed by atoms with Crippen LogP contribution in [0.3, 0.4) is 0 Å². The number of hydrogen-bond donors (Lipinski definition) is 1. The molecule has 1 unspecified atom stereocenters. The molecule has 1 atom stereocenters. The molecule has 0 rings (SSSR count). The molecule has 3 heteroatoms. The van der Waals surface area contributed by atoms with Crippen molar-refractivity contribution in [2.75, 3.05) is 0 Å². The molecule has 0 radical (unpaired) electrons. The van der Waals surface area contributed by atoms with Crippen LogP contribution in [0.1, 0.15) is 20.8 Å². The molecule has 0 aliphatic heterocycles. The smallest absolute Gasteiger partial charge is 0.253 e. The molecule has 0 amide bonds. The first-order valence-corrected chi connectivity index (χ1v) is 2.89. The van der Waals surface area contributed by atoms with Crippen LogP contribution in [-0.2, 0) is 0 Å². The van der Waals surface area contributed by atoms with Gasteiger partial charge in [-0.25, -0.2) is 8.78 Å². The zero-order valence-electron chi connectivity index (χ0n) is 5.99. The zero-order chi connectivity index (χ0) is 7.65. The minimum absolute atomic E-state index is 0.492. The second-order valence-electron chi connectivity index (χ2n) is 3.23.